The van der Waals surface area contributed by atoms with Gasteiger partial charge in [-0.05, 0) is 33.2 Å². The molecule has 0 aromatic heterocycles. The maximum Gasteiger partial charge on any atom is 0.0678 e. The van der Waals surface area contributed by atoms with Crippen molar-refractivity contribution >= 4 is 0 Å². The van der Waals surface area contributed by atoms with Crippen LogP contribution in [0.4, 0.5) is 0 Å². The Kier molecular flexibility index (Phi) is 6.07. The lowest BCUT2D eigenvalue weighted by Gasteiger charge is -2.38. The second-order valence-corrected chi connectivity index (χ2v) is 6.16. The topological polar surface area (TPSA) is 33.7 Å². The van der Waals surface area contributed by atoms with Crippen molar-refractivity contribution in [3.05, 3.63) is 0 Å². The largest absolute Gasteiger partial charge is 0.381 e. The van der Waals surface area contributed by atoms with Crippen molar-refractivity contribution in [2.45, 2.75) is 51.9 Å². The maximum absolute atomic E-state index is 5.82. The van der Waals surface area contributed by atoms with E-state index in [1.54, 1.807) is 0 Å². The smallest absolute Gasteiger partial charge is 0.0678 e. The van der Waals surface area contributed by atoms with Gasteiger partial charge in [0.1, 0.15) is 0 Å². The molecule has 2 fully saturated rings. The molecule has 4 heteroatoms. The number of morpholine rings is 1. The molecule has 0 aromatic rings. The molecule has 2 aliphatic heterocycles. The summed E-state index contributed by atoms with van der Waals surface area (Å²) in [5.74, 6) is 0.681. The summed E-state index contributed by atoms with van der Waals surface area (Å²) in [6.07, 6.45) is 3.11. The summed E-state index contributed by atoms with van der Waals surface area (Å²) in [5.41, 5.74) is 0. The van der Waals surface area contributed by atoms with Gasteiger partial charge in [0.05, 0.1) is 18.8 Å². The summed E-state index contributed by atoms with van der Waals surface area (Å²) < 4.78 is 11.4. The molecule has 0 saturated carbocycles. The predicted octanol–water partition coefficient (Wildman–Crippen LogP) is 1.50. The fourth-order valence-corrected chi connectivity index (χ4v) is 3.29. The highest BCUT2D eigenvalue weighted by Crippen LogP contribution is 2.19. The minimum absolute atomic E-state index is 0.357. The molecule has 4 nitrogen and oxygen atoms in total. The van der Waals surface area contributed by atoms with Crippen molar-refractivity contribution in [1.82, 2.24) is 10.2 Å². The first-order valence-corrected chi connectivity index (χ1v) is 7.88. The molecule has 0 bridgehead atoms. The van der Waals surface area contributed by atoms with Crippen molar-refractivity contribution in [1.29, 1.82) is 0 Å². The lowest BCUT2D eigenvalue weighted by atomic mass is 9.97. The quantitative estimate of drug-likeness (QED) is 0.793. The zero-order valence-corrected chi connectivity index (χ0v) is 12.7. The lowest BCUT2D eigenvalue weighted by Crippen LogP contribution is -2.52. The maximum atomic E-state index is 5.82. The van der Waals surface area contributed by atoms with Crippen LogP contribution < -0.4 is 5.32 Å². The molecule has 0 radical (unpaired) electrons. The third-order valence-corrected chi connectivity index (χ3v) is 4.14. The number of ether oxygens (including phenoxy) is 2. The minimum atomic E-state index is 0.357. The SMILES string of the molecule is CCCNC(CN1C[C@@H](C)O[C@@H](C)C1)C1CCOC1. The van der Waals surface area contributed by atoms with Crippen LogP contribution in [0.1, 0.15) is 33.6 Å². The Balaban J connectivity index is 1.86. The molecule has 0 amide bonds. The first-order chi connectivity index (χ1) is 9.19. The van der Waals surface area contributed by atoms with E-state index in [4.69, 9.17) is 9.47 Å². The minimum Gasteiger partial charge on any atom is -0.381 e. The summed E-state index contributed by atoms with van der Waals surface area (Å²) in [4.78, 5) is 2.56. The third-order valence-electron chi connectivity index (χ3n) is 4.14. The summed E-state index contributed by atoms with van der Waals surface area (Å²) in [6, 6.07) is 0.569. The van der Waals surface area contributed by atoms with Gasteiger partial charge in [0.2, 0.25) is 0 Å². The van der Waals surface area contributed by atoms with Gasteiger partial charge in [-0.2, -0.15) is 0 Å². The lowest BCUT2D eigenvalue weighted by molar-refractivity contribution is -0.0712. The first kappa shape index (κ1) is 15.2. The Labute approximate surface area is 117 Å². The molecule has 0 aromatic carbocycles. The number of nitrogens with one attached hydrogen (secondary N) is 1. The van der Waals surface area contributed by atoms with Crippen molar-refractivity contribution < 1.29 is 9.47 Å². The standard InChI is InChI=1S/C15H30N2O2/c1-4-6-16-15(14-5-7-18-11-14)10-17-8-12(2)19-13(3)9-17/h12-16H,4-11H2,1-3H3/t12-,13+,14?,15?. The Bertz CT molecular complexity index is 247. The van der Waals surface area contributed by atoms with Crippen LogP contribution in [0.15, 0.2) is 0 Å². The van der Waals surface area contributed by atoms with Crippen LogP contribution in [-0.4, -0.2) is 62.5 Å². The van der Waals surface area contributed by atoms with Crippen molar-refractivity contribution in [3.63, 3.8) is 0 Å². The molecule has 2 aliphatic rings. The fraction of sp³-hybridized carbons (Fsp3) is 1.00. The Hall–Kier alpha value is -0.160. The highest BCUT2D eigenvalue weighted by atomic mass is 16.5. The van der Waals surface area contributed by atoms with E-state index in [-0.39, 0.29) is 0 Å². The number of hydrogen-bond donors (Lipinski definition) is 1. The van der Waals surface area contributed by atoms with E-state index in [1.807, 2.05) is 0 Å². The average molecular weight is 270 g/mol. The monoisotopic (exact) mass is 270 g/mol. The van der Waals surface area contributed by atoms with Gasteiger partial charge in [-0.25, -0.2) is 0 Å². The molecule has 1 N–H and O–H groups in total. The Morgan fingerprint density at radius 3 is 2.58 bits per heavy atom. The fourth-order valence-electron chi connectivity index (χ4n) is 3.29. The number of rotatable bonds is 6. The molecule has 2 unspecified atom stereocenters. The number of nitrogens with zero attached hydrogens (tertiary/aromatic N) is 1. The van der Waals surface area contributed by atoms with Crippen LogP contribution >= 0.6 is 0 Å². The van der Waals surface area contributed by atoms with Crippen LogP contribution in [0.5, 0.6) is 0 Å². The van der Waals surface area contributed by atoms with Crippen LogP contribution in [0.2, 0.25) is 0 Å². The van der Waals surface area contributed by atoms with Gasteiger partial charge < -0.3 is 14.8 Å². The molecule has 0 aliphatic carbocycles. The van der Waals surface area contributed by atoms with Crippen LogP contribution in [0.3, 0.4) is 0 Å². The van der Waals surface area contributed by atoms with Gasteiger partial charge in [0.25, 0.3) is 0 Å². The Morgan fingerprint density at radius 1 is 1.26 bits per heavy atom. The zero-order chi connectivity index (χ0) is 13.7. The molecule has 2 saturated heterocycles. The van der Waals surface area contributed by atoms with E-state index in [0.717, 1.165) is 39.4 Å². The summed E-state index contributed by atoms with van der Waals surface area (Å²) in [5, 5.41) is 3.73. The van der Waals surface area contributed by atoms with E-state index >= 15 is 0 Å². The van der Waals surface area contributed by atoms with Crippen LogP contribution in [0.25, 0.3) is 0 Å². The van der Waals surface area contributed by atoms with Gasteiger partial charge in [0.15, 0.2) is 0 Å². The normalized spacial score (nSPS) is 34.6. The second kappa shape index (κ2) is 7.58. The van der Waals surface area contributed by atoms with Gasteiger partial charge in [-0.15, -0.1) is 0 Å². The number of hydrogen-bond acceptors (Lipinski definition) is 4. The molecule has 2 rings (SSSR count). The van der Waals surface area contributed by atoms with E-state index in [1.165, 1.54) is 12.8 Å². The summed E-state index contributed by atoms with van der Waals surface area (Å²) >= 11 is 0. The summed E-state index contributed by atoms with van der Waals surface area (Å²) in [6.45, 7) is 12.8. The first-order valence-electron chi connectivity index (χ1n) is 7.88. The van der Waals surface area contributed by atoms with E-state index in [2.05, 4.69) is 31.0 Å². The van der Waals surface area contributed by atoms with E-state index in [9.17, 15) is 0 Å². The molecule has 4 atom stereocenters. The van der Waals surface area contributed by atoms with Gasteiger partial charge >= 0.3 is 0 Å². The van der Waals surface area contributed by atoms with E-state index in [0.29, 0.717) is 24.2 Å². The van der Waals surface area contributed by atoms with Gasteiger partial charge in [-0.3, -0.25) is 4.90 Å². The average Bonchev–Trinajstić information content (AvgIpc) is 2.87. The van der Waals surface area contributed by atoms with Gasteiger partial charge in [-0.1, -0.05) is 6.92 Å². The molecular weight excluding hydrogens is 240 g/mol. The van der Waals surface area contributed by atoms with Crippen LogP contribution in [-0.2, 0) is 9.47 Å². The Morgan fingerprint density at radius 2 is 2.00 bits per heavy atom. The summed E-state index contributed by atoms with van der Waals surface area (Å²) in [7, 11) is 0. The second-order valence-electron chi connectivity index (χ2n) is 6.16. The highest BCUT2D eigenvalue weighted by Gasteiger charge is 2.29. The van der Waals surface area contributed by atoms with E-state index < -0.39 is 0 Å². The highest BCUT2D eigenvalue weighted by molar-refractivity contribution is 4.84. The molecule has 2 heterocycles. The molecular formula is C15H30N2O2. The zero-order valence-electron chi connectivity index (χ0n) is 12.7. The predicted molar refractivity (Wildman–Crippen MR) is 77.5 cm³/mol. The molecule has 0 spiro atoms. The molecule has 112 valence electrons. The molecule has 19 heavy (non-hydrogen) atoms. The van der Waals surface area contributed by atoms with Crippen molar-refractivity contribution in [2.24, 2.45) is 5.92 Å². The third kappa shape index (κ3) is 4.71. The van der Waals surface area contributed by atoms with Crippen molar-refractivity contribution in [3.8, 4) is 0 Å². The van der Waals surface area contributed by atoms with Gasteiger partial charge in [0, 0.05) is 38.2 Å². The van der Waals surface area contributed by atoms with Crippen molar-refractivity contribution in [2.75, 3.05) is 39.4 Å². The van der Waals surface area contributed by atoms with Crippen LogP contribution in [0, 0.1) is 5.92 Å².